The van der Waals surface area contributed by atoms with Gasteiger partial charge in [0.25, 0.3) is 0 Å². The first kappa shape index (κ1) is 9.23. The van der Waals surface area contributed by atoms with Crippen molar-refractivity contribution < 1.29 is 5.11 Å². The quantitative estimate of drug-likeness (QED) is 0.727. The second-order valence-corrected chi connectivity index (χ2v) is 3.16. The number of aromatic nitrogens is 3. The molecule has 0 radical (unpaired) electrons. The zero-order valence-corrected chi connectivity index (χ0v) is 8.28. The van der Waals surface area contributed by atoms with Crippen LogP contribution in [0.3, 0.4) is 0 Å². The van der Waals surface area contributed by atoms with Gasteiger partial charge in [-0.25, -0.2) is 9.97 Å². The van der Waals surface area contributed by atoms with E-state index in [1.807, 2.05) is 0 Å². The van der Waals surface area contributed by atoms with Crippen LogP contribution in [0, 0.1) is 0 Å². The molecular weight excluding hydrogens is 204 g/mol. The molecular formula is C8H9ClN4O. The van der Waals surface area contributed by atoms with Crippen molar-refractivity contribution in [2.45, 2.75) is 6.61 Å². The lowest BCUT2D eigenvalue weighted by Crippen LogP contribution is -2.00. The Morgan fingerprint density at radius 3 is 3.00 bits per heavy atom. The highest BCUT2D eigenvalue weighted by Crippen LogP contribution is 2.15. The van der Waals surface area contributed by atoms with Crippen LogP contribution >= 0.6 is 11.6 Å². The summed E-state index contributed by atoms with van der Waals surface area (Å²) >= 11 is 5.79. The summed E-state index contributed by atoms with van der Waals surface area (Å²) in [6.07, 6.45) is 1.71. The minimum Gasteiger partial charge on any atom is -0.390 e. The standard InChI is InChI=1S/C8H9ClN4O/c1-10-8-12-6(9)2-7-11-5(4-14)3-13(7)8/h2-3,14H,4H2,1H3,(H,10,12). The first-order valence-electron chi connectivity index (χ1n) is 4.07. The lowest BCUT2D eigenvalue weighted by molar-refractivity contribution is 0.277. The first-order valence-corrected chi connectivity index (χ1v) is 4.45. The van der Waals surface area contributed by atoms with Gasteiger partial charge in [0.1, 0.15) is 10.8 Å². The van der Waals surface area contributed by atoms with Gasteiger partial charge in [0, 0.05) is 19.3 Å². The van der Waals surface area contributed by atoms with E-state index in [9.17, 15) is 0 Å². The van der Waals surface area contributed by atoms with Crippen molar-refractivity contribution in [1.82, 2.24) is 14.4 Å². The highest BCUT2D eigenvalue weighted by atomic mass is 35.5. The van der Waals surface area contributed by atoms with E-state index in [0.717, 1.165) is 0 Å². The van der Waals surface area contributed by atoms with Crippen LogP contribution in [0.5, 0.6) is 0 Å². The lowest BCUT2D eigenvalue weighted by Gasteiger charge is -2.02. The summed E-state index contributed by atoms with van der Waals surface area (Å²) in [5.74, 6) is 0.597. The van der Waals surface area contributed by atoms with Gasteiger partial charge in [0.15, 0.2) is 0 Å². The van der Waals surface area contributed by atoms with E-state index < -0.39 is 0 Å². The van der Waals surface area contributed by atoms with Crippen molar-refractivity contribution in [2.24, 2.45) is 0 Å². The maximum Gasteiger partial charge on any atom is 0.209 e. The fourth-order valence-corrected chi connectivity index (χ4v) is 1.44. The van der Waals surface area contributed by atoms with Crippen LogP contribution in [-0.4, -0.2) is 26.5 Å². The Kier molecular flexibility index (Phi) is 2.26. The molecule has 5 nitrogen and oxygen atoms in total. The molecule has 0 unspecified atom stereocenters. The summed E-state index contributed by atoms with van der Waals surface area (Å²) in [5.41, 5.74) is 1.25. The molecule has 0 aromatic carbocycles. The van der Waals surface area contributed by atoms with Gasteiger partial charge in [-0.05, 0) is 0 Å². The third-order valence-corrected chi connectivity index (χ3v) is 2.05. The first-order chi connectivity index (χ1) is 6.74. The van der Waals surface area contributed by atoms with Crippen molar-refractivity contribution in [1.29, 1.82) is 0 Å². The smallest absolute Gasteiger partial charge is 0.209 e. The number of fused-ring (bicyclic) bond motifs is 1. The highest BCUT2D eigenvalue weighted by molar-refractivity contribution is 6.29. The Balaban J connectivity index is 2.71. The maximum absolute atomic E-state index is 8.92. The number of hydrogen-bond acceptors (Lipinski definition) is 4. The summed E-state index contributed by atoms with van der Waals surface area (Å²) < 4.78 is 1.73. The van der Waals surface area contributed by atoms with E-state index in [2.05, 4.69) is 15.3 Å². The zero-order chi connectivity index (χ0) is 10.1. The van der Waals surface area contributed by atoms with Gasteiger partial charge in [-0.3, -0.25) is 4.40 Å². The molecule has 0 amide bonds. The van der Waals surface area contributed by atoms with Crippen molar-refractivity contribution in [2.75, 3.05) is 12.4 Å². The molecule has 2 aromatic heterocycles. The average molecular weight is 213 g/mol. The number of rotatable bonds is 2. The van der Waals surface area contributed by atoms with Gasteiger partial charge < -0.3 is 10.4 Å². The van der Waals surface area contributed by atoms with E-state index in [0.29, 0.717) is 22.4 Å². The molecule has 0 saturated carbocycles. The normalized spacial score (nSPS) is 10.8. The second-order valence-electron chi connectivity index (χ2n) is 2.77. The summed E-state index contributed by atoms with van der Waals surface area (Å²) in [6, 6.07) is 1.64. The molecule has 0 aliphatic rings. The molecule has 2 rings (SSSR count). The van der Waals surface area contributed by atoms with Gasteiger partial charge in [0.2, 0.25) is 5.95 Å². The predicted molar refractivity (Wildman–Crippen MR) is 53.5 cm³/mol. The molecule has 2 aromatic rings. The Bertz CT molecular complexity index is 468. The van der Waals surface area contributed by atoms with E-state index >= 15 is 0 Å². The number of hydrogen-bond donors (Lipinski definition) is 2. The molecule has 2 heterocycles. The number of aliphatic hydroxyl groups is 1. The third-order valence-electron chi connectivity index (χ3n) is 1.86. The fraction of sp³-hybridized carbons (Fsp3) is 0.250. The van der Waals surface area contributed by atoms with Crippen LogP contribution < -0.4 is 5.32 Å². The largest absolute Gasteiger partial charge is 0.390 e. The second kappa shape index (κ2) is 3.43. The molecule has 74 valence electrons. The number of nitrogens with zero attached hydrogens (tertiary/aromatic N) is 3. The van der Waals surface area contributed by atoms with E-state index in [4.69, 9.17) is 16.7 Å². The summed E-state index contributed by atoms with van der Waals surface area (Å²) in [7, 11) is 1.75. The fourth-order valence-electron chi connectivity index (χ4n) is 1.26. The molecule has 0 saturated heterocycles. The van der Waals surface area contributed by atoms with Gasteiger partial charge in [0.05, 0.1) is 12.3 Å². The van der Waals surface area contributed by atoms with Gasteiger partial charge in [-0.2, -0.15) is 0 Å². The summed E-state index contributed by atoms with van der Waals surface area (Å²) in [4.78, 5) is 8.21. The van der Waals surface area contributed by atoms with Crippen molar-refractivity contribution in [3.63, 3.8) is 0 Å². The summed E-state index contributed by atoms with van der Waals surface area (Å²) in [5, 5.41) is 12.2. The molecule has 0 fully saturated rings. The Hall–Kier alpha value is -1.33. The maximum atomic E-state index is 8.92. The van der Waals surface area contributed by atoms with Crippen LogP contribution in [0.1, 0.15) is 5.69 Å². The van der Waals surface area contributed by atoms with E-state index in [1.54, 1.807) is 23.7 Å². The van der Waals surface area contributed by atoms with Crippen LogP contribution in [0.15, 0.2) is 12.3 Å². The zero-order valence-electron chi connectivity index (χ0n) is 7.53. The van der Waals surface area contributed by atoms with Crippen LogP contribution in [0.25, 0.3) is 5.65 Å². The molecule has 6 heteroatoms. The van der Waals surface area contributed by atoms with Gasteiger partial charge >= 0.3 is 0 Å². The molecule has 0 spiro atoms. The number of imidazole rings is 1. The number of aliphatic hydroxyl groups excluding tert-OH is 1. The van der Waals surface area contributed by atoms with Crippen LogP contribution in [0.2, 0.25) is 5.15 Å². The Morgan fingerprint density at radius 2 is 2.36 bits per heavy atom. The number of anilines is 1. The topological polar surface area (TPSA) is 62.5 Å². The van der Waals surface area contributed by atoms with Crippen molar-refractivity contribution in [3.05, 3.63) is 23.1 Å². The van der Waals surface area contributed by atoms with Crippen LogP contribution in [0.4, 0.5) is 5.95 Å². The molecule has 0 atom stereocenters. The van der Waals surface area contributed by atoms with Gasteiger partial charge in [-0.1, -0.05) is 11.6 Å². The Labute approximate surface area is 85.4 Å². The minimum absolute atomic E-state index is 0.0948. The molecule has 2 N–H and O–H groups in total. The van der Waals surface area contributed by atoms with Crippen LogP contribution in [-0.2, 0) is 6.61 Å². The highest BCUT2D eigenvalue weighted by Gasteiger charge is 2.06. The molecule has 0 aliphatic carbocycles. The lowest BCUT2D eigenvalue weighted by atomic mass is 10.5. The van der Waals surface area contributed by atoms with Gasteiger partial charge in [-0.15, -0.1) is 0 Å². The number of nitrogens with one attached hydrogen (secondary N) is 1. The molecule has 14 heavy (non-hydrogen) atoms. The monoisotopic (exact) mass is 212 g/mol. The predicted octanol–water partition coefficient (Wildman–Crippen LogP) is 0.917. The third kappa shape index (κ3) is 1.40. The average Bonchev–Trinajstić information content (AvgIpc) is 2.59. The Morgan fingerprint density at radius 1 is 1.57 bits per heavy atom. The minimum atomic E-state index is -0.0948. The van der Waals surface area contributed by atoms with Crippen molar-refractivity contribution >= 4 is 23.2 Å². The SMILES string of the molecule is CNc1nc(Cl)cc2nc(CO)cn12. The van der Waals surface area contributed by atoms with Crippen molar-refractivity contribution in [3.8, 4) is 0 Å². The van der Waals surface area contributed by atoms with E-state index in [1.165, 1.54) is 0 Å². The van der Waals surface area contributed by atoms with E-state index in [-0.39, 0.29) is 6.61 Å². The summed E-state index contributed by atoms with van der Waals surface area (Å²) in [6.45, 7) is -0.0948. The molecule has 0 bridgehead atoms. The number of halogens is 1. The molecule has 0 aliphatic heterocycles.